The fourth-order valence-electron chi connectivity index (χ4n) is 4.44. The number of fused-ring (bicyclic) bond motifs is 1. The minimum atomic E-state index is -0.922. The van der Waals surface area contributed by atoms with E-state index in [2.05, 4.69) is 11.1 Å². The second kappa shape index (κ2) is 9.31. The van der Waals surface area contributed by atoms with E-state index < -0.39 is 17.9 Å². The molecule has 176 valence electrons. The van der Waals surface area contributed by atoms with E-state index in [1.54, 1.807) is 24.3 Å². The number of carbonyl (C=O) groups excluding carboxylic acids is 2. The summed E-state index contributed by atoms with van der Waals surface area (Å²) in [6.45, 7) is 3.73. The Morgan fingerprint density at radius 2 is 1.69 bits per heavy atom. The van der Waals surface area contributed by atoms with Gasteiger partial charge in [0.25, 0.3) is 0 Å². The van der Waals surface area contributed by atoms with Gasteiger partial charge >= 0.3 is 11.9 Å². The highest BCUT2D eigenvalue weighted by molar-refractivity contribution is 6.09. The van der Waals surface area contributed by atoms with E-state index >= 15 is 0 Å². The topological polar surface area (TPSA) is 119 Å². The van der Waals surface area contributed by atoms with Gasteiger partial charge in [-0.2, -0.15) is 5.26 Å². The van der Waals surface area contributed by atoms with Crippen molar-refractivity contribution < 1.29 is 19.1 Å². The van der Waals surface area contributed by atoms with E-state index in [0.29, 0.717) is 22.2 Å². The smallest absolute Gasteiger partial charge is 0.355 e. The maximum absolute atomic E-state index is 13.3. The summed E-state index contributed by atoms with van der Waals surface area (Å²) in [7, 11) is 2.45. The van der Waals surface area contributed by atoms with Crippen molar-refractivity contribution in [3.8, 4) is 6.07 Å². The number of hydrogen-bond donors (Lipinski definition) is 1. The lowest BCUT2D eigenvalue weighted by Gasteiger charge is -2.37. The van der Waals surface area contributed by atoms with E-state index in [1.165, 1.54) is 19.1 Å². The monoisotopic (exact) mass is 468 g/mol. The highest BCUT2D eigenvalue weighted by Gasteiger charge is 2.43. The number of esters is 2. The largest absolute Gasteiger partial charge is 0.466 e. The molecule has 1 aliphatic rings. The number of nitrogens with zero attached hydrogens (tertiary/aromatic N) is 3. The zero-order chi connectivity index (χ0) is 25.3. The minimum absolute atomic E-state index is 0.0191. The summed E-state index contributed by atoms with van der Waals surface area (Å²) in [5.74, 6) is -2.46. The van der Waals surface area contributed by atoms with Crippen LogP contribution in [-0.4, -0.2) is 31.1 Å². The zero-order valence-corrected chi connectivity index (χ0v) is 19.8. The van der Waals surface area contributed by atoms with Crippen LogP contribution >= 0.6 is 0 Å². The van der Waals surface area contributed by atoms with Gasteiger partial charge in [0.1, 0.15) is 11.5 Å². The standard InChI is InChI=1S/C27H24N4O4/c1-15-10-13-20-18(12-11-16(2)30-20)23(15)31-24(27(33)35-4)22(26(32)34-3)21(19(14-28)25(31)29)17-8-6-5-7-9-17/h5-13,21H,29H2,1-4H3. The summed E-state index contributed by atoms with van der Waals surface area (Å²) in [6, 6.07) is 18.5. The van der Waals surface area contributed by atoms with Crippen LogP contribution in [0.4, 0.5) is 5.69 Å². The molecule has 8 heteroatoms. The van der Waals surface area contributed by atoms with Crippen LogP contribution in [0.2, 0.25) is 0 Å². The molecule has 0 fully saturated rings. The average molecular weight is 469 g/mol. The van der Waals surface area contributed by atoms with Crippen molar-refractivity contribution in [2.24, 2.45) is 5.73 Å². The van der Waals surface area contributed by atoms with Gasteiger partial charge in [0, 0.05) is 11.1 Å². The molecule has 0 aliphatic carbocycles. The first kappa shape index (κ1) is 23.5. The fraction of sp³-hybridized carbons (Fsp3) is 0.185. The van der Waals surface area contributed by atoms with Gasteiger partial charge in [0.05, 0.1) is 48.6 Å². The Morgan fingerprint density at radius 1 is 1.00 bits per heavy atom. The fourth-order valence-corrected chi connectivity index (χ4v) is 4.44. The van der Waals surface area contributed by atoms with E-state index in [9.17, 15) is 14.9 Å². The first-order valence-corrected chi connectivity index (χ1v) is 10.9. The van der Waals surface area contributed by atoms with Crippen LogP contribution in [-0.2, 0) is 19.1 Å². The first-order valence-electron chi connectivity index (χ1n) is 10.9. The number of rotatable bonds is 4. The number of anilines is 1. The second-order valence-corrected chi connectivity index (χ2v) is 8.09. The lowest BCUT2D eigenvalue weighted by molar-refractivity contribution is -0.139. The Hall–Kier alpha value is -4.64. The van der Waals surface area contributed by atoms with Crippen LogP contribution in [0.15, 0.2) is 77.3 Å². The zero-order valence-electron chi connectivity index (χ0n) is 19.8. The lowest BCUT2D eigenvalue weighted by atomic mass is 9.80. The molecule has 4 rings (SSSR count). The molecule has 8 nitrogen and oxygen atoms in total. The van der Waals surface area contributed by atoms with Gasteiger partial charge in [-0.1, -0.05) is 36.4 Å². The molecule has 0 radical (unpaired) electrons. The van der Waals surface area contributed by atoms with Gasteiger partial charge in [0.2, 0.25) is 0 Å². The Kier molecular flexibility index (Phi) is 6.26. The molecule has 0 bridgehead atoms. The number of carbonyl (C=O) groups is 2. The van der Waals surface area contributed by atoms with Crippen molar-refractivity contribution in [3.63, 3.8) is 0 Å². The van der Waals surface area contributed by atoms with Gasteiger partial charge in [0.15, 0.2) is 0 Å². The van der Waals surface area contributed by atoms with Crippen molar-refractivity contribution in [2.75, 3.05) is 19.1 Å². The quantitative estimate of drug-likeness (QED) is 0.575. The number of hydrogen-bond acceptors (Lipinski definition) is 8. The highest BCUT2D eigenvalue weighted by Crippen LogP contribution is 2.45. The predicted octanol–water partition coefficient (Wildman–Crippen LogP) is 3.75. The molecule has 1 atom stereocenters. The van der Waals surface area contributed by atoms with Crippen molar-refractivity contribution in [3.05, 3.63) is 94.1 Å². The number of allylic oxidation sites excluding steroid dienone is 1. The number of nitriles is 1. The molecule has 1 aliphatic heterocycles. The summed E-state index contributed by atoms with van der Waals surface area (Å²) in [4.78, 5) is 32.5. The summed E-state index contributed by atoms with van der Waals surface area (Å²) < 4.78 is 10.2. The average Bonchev–Trinajstić information content (AvgIpc) is 2.88. The Bertz CT molecular complexity index is 1450. The maximum atomic E-state index is 13.3. The van der Waals surface area contributed by atoms with Crippen molar-refractivity contribution in [1.82, 2.24) is 4.98 Å². The molecule has 1 aromatic heterocycles. The number of pyridine rings is 1. The van der Waals surface area contributed by atoms with Gasteiger partial charge in [-0.15, -0.1) is 0 Å². The van der Waals surface area contributed by atoms with E-state index in [-0.39, 0.29) is 22.7 Å². The normalized spacial score (nSPS) is 15.7. The van der Waals surface area contributed by atoms with Crippen LogP contribution in [0.25, 0.3) is 10.9 Å². The number of aromatic nitrogens is 1. The number of ether oxygens (including phenoxy) is 2. The molecule has 2 heterocycles. The van der Waals surface area contributed by atoms with Crippen LogP contribution in [0.1, 0.15) is 22.7 Å². The molecule has 0 saturated heterocycles. The molecule has 2 aromatic carbocycles. The number of nitrogens with two attached hydrogens (primary N) is 1. The van der Waals surface area contributed by atoms with E-state index in [4.69, 9.17) is 15.2 Å². The Labute approximate surface area is 202 Å². The molecule has 3 aromatic rings. The van der Waals surface area contributed by atoms with Gasteiger partial charge in [-0.05, 0) is 43.2 Å². The molecular formula is C27H24N4O4. The molecule has 35 heavy (non-hydrogen) atoms. The molecule has 0 spiro atoms. The van der Waals surface area contributed by atoms with Crippen molar-refractivity contribution >= 4 is 28.5 Å². The lowest BCUT2D eigenvalue weighted by Crippen LogP contribution is -2.41. The van der Waals surface area contributed by atoms with E-state index in [0.717, 1.165) is 11.3 Å². The number of aryl methyl sites for hydroxylation is 2. The third-order valence-corrected chi connectivity index (χ3v) is 6.02. The minimum Gasteiger partial charge on any atom is -0.466 e. The second-order valence-electron chi connectivity index (χ2n) is 8.09. The van der Waals surface area contributed by atoms with Crippen LogP contribution < -0.4 is 10.6 Å². The molecule has 0 amide bonds. The van der Waals surface area contributed by atoms with E-state index in [1.807, 2.05) is 44.2 Å². The van der Waals surface area contributed by atoms with Crippen molar-refractivity contribution in [1.29, 1.82) is 5.26 Å². The van der Waals surface area contributed by atoms with Crippen LogP contribution in [0, 0.1) is 25.2 Å². The SMILES string of the molecule is COC(=O)C1=C(C(=O)OC)N(c2c(C)ccc3nc(C)ccc23)C(N)=C(C#N)C1c1ccccc1. The molecular weight excluding hydrogens is 444 g/mol. The first-order chi connectivity index (χ1) is 16.8. The number of methoxy groups -OCH3 is 2. The summed E-state index contributed by atoms with van der Waals surface area (Å²) in [6.07, 6.45) is 0. The van der Waals surface area contributed by atoms with Gasteiger partial charge < -0.3 is 15.2 Å². The molecule has 2 N–H and O–H groups in total. The Morgan fingerprint density at radius 3 is 2.31 bits per heavy atom. The summed E-state index contributed by atoms with van der Waals surface area (Å²) in [5, 5.41) is 10.9. The molecule has 0 saturated carbocycles. The predicted molar refractivity (Wildman–Crippen MR) is 131 cm³/mol. The third-order valence-electron chi connectivity index (χ3n) is 6.02. The third kappa shape index (κ3) is 3.87. The summed E-state index contributed by atoms with van der Waals surface area (Å²) in [5.41, 5.74) is 9.98. The van der Waals surface area contributed by atoms with Crippen molar-refractivity contribution in [2.45, 2.75) is 19.8 Å². The van der Waals surface area contributed by atoms with Gasteiger partial charge in [-0.3, -0.25) is 9.88 Å². The van der Waals surface area contributed by atoms with Crippen LogP contribution in [0.5, 0.6) is 0 Å². The van der Waals surface area contributed by atoms with Crippen LogP contribution in [0.3, 0.4) is 0 Å². The molecule has 1 unspecified atom stereocenters. The Balaban J connectivity index is 2.16. The summed E-state index contributed by atoms with van der Waals surface area (Å²) >= 11 is 0. The van der Waals surface area contributed by atoms with Gasteiger partial charge in [-0.25, -0.2) is 9.59 Å². The maximum Gasteiger partial charge on any atom is 0.355 e. The highest BCUT2D eigenvalue weighted by atomic mass is 16.5. The number of benzene rings is 2.